The van der Waals surface area contributed by atoms with Crippen molar-refractivity contribution >= 4 is 11.7 Å². The van der Waals surface area contributed by atoms with Gasteiger partial charge in [0.25, 0.3) is 0 Å². The van der Waals surface area contributed by atoms with Crippen molar-refractivity contribution in [2.45, 2.75) is 19.4 Å². The topological polar surface area (TPSA) is 66.5 Å². The fourth-order valence-electron chi connectivity index (χ4n) is 2.33. The van der Waals surface area contributed by atoms with Gasteiger partial charge >= 0.3 is 0 Å². The first-order chi connectivity index (χ1) is 10.3. The Morgan fingerprint density at radius 1 is 1.43 bits per heavy atom. The number of hydrogen-bond donors (Lipinski definition) is 2. The molecule has 0 spiro atoms. The van der Waals surface area contributed by atoms with Gasteiger partial charge in [0.05, 0.1) is 13.2 Å². The number of pyridine rings is 1. The van der Waals surface area contributed by atoms with Crippen molar-refractivity contribution in [1.82, 2.24) is 15.6 Å². The molecular formula is C15H24N4O2. The van der Waals surface area contributed by atoms with Crippen LogP contribution in [0.1, 0.15) is 18.4 Å². The molecule has 2 heterocycles. The Labute approximate surface area is 125 Å². The van der Waals surface area contributed by atoms with Gasteiger partial charge in [-0.1, -0.05) is 0 Å². The highest BCUT2D eigenvalue weighted by Crippen LogP contribution is 2.18. The summed E-state index contributed by atoms with van der Waals surface area (Å²) in [6, 6.07) is 4.00. The Hall–Kier alpha value is -1.66. The Morgan fingerprint density at radius 2 is 2.24 bits per heavy atom. The third-order valence-electron chi connectivity index (χ3n) is 3.50. The first-order valence-electron chi connectivity index (χ1n) is 7.46. The molecule has 0 bridgehead atoms. The Bertz CT molecular complexity index is 447. The van der Waals surface area contributed by atoms with Gasteiger partial charge in [-0.2, -0.15) is 0 Å². The molecule has 2 N–H and O–H groups in total. The zero-order chi connectivity index (χ0) is 14.9. The Kier molecular flexibility index (Phi) is 6.43. The molecule has 1 aromatic heterocycles. The number of hydrogen-bond acceptors (Lipinski definition) is 5. The van der Waals surface area contributed by atoms with Crippen LogP contribution in [0.4, 0.5) is 5.82 Å². The minimum absolute atomic E-state index is 0.00867. The Balaban J connectivity index is 1.75. The van der Waals surface area contributed by atoms with E-state index in [1.807, 2.05) is 12.3 Å². The molecule has 1 aromatic rings. The zero-order valence-electron chi connectivity index (χ0n) is 12.6. The number of rotatable bonds is 8. The molecule has 0 radical (unpaired) electrons. The van der Waals surface area contributed by atoms with E-state index in [0.29, 0.717) is 26.2 Å². The van der Waals surface area contributed by atoms with Gasteiger partial charge in [-0.3, -0.25) is 4.79 Å². The molecule has 0 aromatic carbocycles. The van der Waals surface area contributed by atoms with Crippen LogP contribution in [0.2, 0.25) is 0 Å². The SMILES string of the molecule is COCCNCC(=O)NCc1ccnc(N2CCCC2)c1. The maximum Gasteiger partial charge on any atom is 0.234 e. The largest absolute Gasteiger partial charge is 0.383 e. The summed E-state index contributed by atoms with van der Waals surface area (Å²) in [7, 11) is 1.64. The highest BCUT2D eigenvalue weighted by atomic mass is 16.5. The molecule has 0 saturated carbocycles. The van der Waals surface area contributed by atoms with Gasteiger partial charge in [-0.15, -0.1) is 0 Å². The van der Waals surface area contributed by atoms with Crippen LogP contribution in [0.15, 0.2) is 18.3 Å². The van der Waals surface area contributed by atoms with E-state index in [0.717, 1.165) is 24.5 Å². The van der Waals surface area contributed by atoms with Crippen molar-refractivity contribution in [3.8, 4) is 0 Å². The highest BCUT2D eigenvalue weighted by Gasteiger charge is 2.13. The molecule has 1 saturated heterocycles. The summed E-state index contributed by atoms with van der Waals surface area (Å²) in [5.74, 6) is 1.00. The second-order valence-electron chi connectivity index (χ2n) is 5.16. The van der Waals surface area contributed by atoms with Crippen molar-refractivity contribution in [2.24, 2.45) is 0 Å². The van der Waals surface area contributed by atoms with Crippen LogP contribution >= 0.6 is 0 Å². The fraction of sp³-hybridized carbons (Fsp3) is 0.600. The quantitative estimate of drug-likeness (QED) is 0.684. The number of aromatic nitrogens is 1. The summed E-state index contributed by atoms with van der Waals surface area (Å²) in [6.45, 7) is 4.29. The van der Waals surface area contributed by atoms with Crippen molar-refractivity contribution in [2.75, 3.05) is 44.8 Å². The van der Waals surface area contributed by atoms with Gasteiger partial charge in [0, 0.05) is 39.5 Å². The second kappa shape index (κ2) is 8.59. The van der Waals surface area contributed by atoms with Crippen molar-refractivity contribution in [3.05, 3.63) is 23.9 Å². The zero-order valence-corrected chi connectivity index (χ0v) is 12.6. The van der Waals surface area contributed by atoms with Gasteiger partial charge in [0.1, 0.15) is 5.82 Å². The first-order valence-corrected chi connectivity index (χ1v) is 7.46. The van der Waals surface area contributed by atoms with Gasteiger partial charge in [-0.25, -0.2) is 4.98 Å². The molecule has 21 heavy (non-hydrogen) atoms. The molecule has 1 fully saturated rings. The number of amides is 1. The van der Waals surface area contributed by atoms with Gasteiger partial charge < -0.3 is 20.3 Å². The van der Waals surface area contributed by atoms with E-state index in [2.05, 4.69) is 26.6 Å². The third kappa shape index (κ3) is 5.32. The normalized spacial score (nSPS) is 14.4. The lowest BCUT2D eigenvalue weighted by Gasteiger charge is -2.17. The van der Waals surface area contributed by atoms with Crippen LogP contribution in [0.5, 0.6) is 0 Å². The van der Waals surface area contributed by atoms with Crippen LogP contribution in [-0.2, 0) is 16.1 Å². The number of nitrogens with one attached hydrogen (secondary N) is 2. The van der Waals surface area contributed by atoms with E-state index < -0.39 is 0 Å². The standard InChI is InChI=1S/C15H24N4O2/c1-21-9-6-16-12-15(20)18-11-13-4-5-17-14(10-13)19-7-2-3-8-19/h4-5,10,16H,2-3,6-9,11-12H2,1H3,(H,18,20). The average Bonchev–Trinajstić information content (AvgIpc) is 3.04. The maximum absolute atomic E-state index is 11.7. The molecule has 116 valence electrons. The number of anilines is 1. The average molecular weight is 292 g/mol. The van der Waals surface area contributed by atoms with Crippen LogP contribution in [0.25, 0.3) is 0 Å². The van der Waals surface area contributed by atoms with E-state index in [4.69, 9.17) is 4.74 Å². The van der Waals surface area contributed by atoms with Crippen LogP contribution in [0, 0.1) is 0 Å². The predicted molar refractivity (Wildman–Crippen MR) is 82.3 cm³/mol. The molecule has 1 amide bonds. The first kappa shape index (κ1) is 15.7. The van der Waals surface area contributed by atoms with Gasteiger partial charge in [0.15, 0.2) is 0 Å². The van der Waals surface area contributed by atoms with E-state index in [1.54, 1.807) is 7.11 Å². The maximum atomic E-state index is 11.7. The summed E-state index contributed by atoms with van der Waals surface area (Å²) in [6.07, 6.45) is 4.28. The number of carbonyl (C=O) groups excluding carboxylic acids is 1. The molecule has 0 atom stereocenters. The summed E-state index contributed by atoms with van der Waals surface area (Å²) >= 11 is 0. The fourth-order valence-corrected chi connectivity index (χ4v) is 2.33. The van der Waals surface area contributed by atoms with Crippen molar-refractivity contribution in [1.29, 1.82) is 0 Å². The minimum Gasteiger partial charge on any atom is -0.383 e. The summed E-state index contributed by atoms with van der Waals surface area (Å²) in [5, 5.41) is 5.93. The van der Waals surface area contributed by atoms with E-state index in [-0.39, 0.29) is 5.91 Å². The van der Waals surface area contributed by atoms with E-state index >= 15 is 0 Å². The summed E-state index contributed by atoms with van der Waals surface area (Å²) in [4.78, 5) is 18.4. The smallest absolute Gasteiger partial charge is 0.234 e. The molecular weight excluding hydrogens is 268 g/mol. The molecule has 0 aliphatic carbocycles. The summed E-state index contributed by atoms with van der Waals surface area (Å²) < 4.78 is 4.91. The second-order valence-corrected chi connectivity index (χ2v) is 5.16. The third-order valence-corrected chi connectivity index (χ3v) is 3.50. The molecule has 0 unspecified atom stereocenters. The van der Waals surface area contributed by atoms with Gasteiger partial charge in [-0.05, 0) is 30.5 Å². The van der Waals surface area contributed by atoms with Crippen molar-refractivity contribution < 1.29 is 9.53 Å². The van der Waals surface area contributed by atoms with E-state index in [1.165, 1.54) is 12.8 Å². The highest BCUT2D eigenvalue weighted by molar-refractivity contribution is 5.77. The van der Waals surface area contributed by atoms with E-state index in [9.17, 15) is 4.79 Å². The summed E-state index contributed by atoms with van der Waals surface area (Å²) in [5.41, 5.74) is 1.08. The minimum atomic E-state index is -0.00867. The molecule has 6 nitrogen and oxygen atoms in total. The van der Waals surface area contributed by atoms with Crippen LogP contribution < -0.4 is 15.5 Å². The van der Waals surface area contributed by atoms with Crippen LogP contribution in [-0.4, -0.2) is 50.8 Å². The molecule has 1 aliphatic rings. The molecule has 6 heteroatoms. The lowest BCUT2D eigenvalue weighted by atomic mass is 10.2. The molecule has 1 aliphatic heterocycles. The Morgan fingerprint density at radius 3 is 3.00 bits per heavy atom. The lowest BCUT2D eigenvalue weighted by molar-refractivity contribution is -0.120. The number of nitrogens with zero attached hydrogens (tertiary/aromatic N) is 2. The number of methoxy groups -OCH3 is 1. The monoisotopic (exact) mass is 292 g/mol. The predicted octanol–water partition coefficient (Wildman–Crippen LogP) is 0.534. The number of ether oxygens (including phenoxy) is 1. The van der Waals surface area contributed by atoms with Crippen LogP contribution in [0.3, 0.4) is 0 Å². The van der Waals surface area contributed by atoms with Crippen molar-refractivity contribution in [3.63, 3.8) is 0 Å². The molecule has 2 rings (SSSR count). The lowest BCUT2D eigenvalue weighted by Crippen LogP contribution is -2.34. The van der Waals surface area contributed by atoms with Gasteiger partial charge in [0.2, 0.25) is 5.91 Å². The number of carbonyl (C=O) groups is 1.